The SMILES string of the molecule is CC(C)C(CCN)Cc1c(F)cccc1Cl. The fourth-order valence-electron chi connectivity index (χ4n) is 1.87. The predicted molar refractivity (Wildman–Crippen MR) is 67.1 cm³/mol. The molecule has 0 bridgehead atoms. The maximum Gasteiger partial charge on any atom is 0.127 e. The fraction of sp³-hybridized carbons (Fsp3) is 0.538. The van der Waals surface area contributed by atoms with Gasteiger partial charge in [0.05, 0.1) is 0 Å². The number of halogens is 2. The van der Waals surface area contributed by atoms with Gasteiger partial charge >= 0.3 is 0 Å². The summed E-state index contributed by atoms with van der Waals surface area (Å²) in [5.74, 6) is 0.661. The summed E-state index contributed by atoms with van der Waals surface area (Å²) in [4.78, 5) is 0. The summed E-state index contributed by atoms with van der Waals surface area (Å²) >= 11 is 6.01. The second kappa shape index (κ2) is 6.21. The molecule has 0 aliphatic rings. The molecule has 0 fully saturated rings. The third-order valence-electron chi connectivity index (χ3n) is 3.01. The van der Waals surface area contributed by atoms with E-state index in [1.165, 1.54) is 6.07 Å². The molecule has 0 aliphatic carbocycles. The molecule has 1 unspecified atom stereocenters. The Morgan fingerprint density at radius 1 is 1.38 bits per heavy atom. The Labute approximate surface area is 102 Å². The maximum absolute atomic E-state index is 13.6. The van der Waals surface area contributed by atoms with Crippen molar-refractivity contribution in [3.8, 4) is 0 Å². The minimum atomic E-state index is -0.213. The summed E-state index contributed by atoms with van der Waals surface area (Å²) in [5, 5.41) is 0.516. The van der Waals surface area contributed by atoms with Crippen LogP contribution in [0.15, 0.2) is 18.2 Å². The van der Waals surface area contributed by atoms with Crippen LogP contribution in [0.25, 0.3) is 0 Å². The Balaban J connectivity index is 2.84. The average Bonchev–Trinajstić information content (AvgIpc) is 2.21. The minimum absolute atomic E-state index is 0.213. The van der Waals surface area contributed by atoms with Crippen LogP contribution >= 0.6 is 11.6 Å². The third-order valence-corrected chi connectivity index (χ3v) is 3.36. The summed E-state index contributed by atoms with van der Waals surface area (Å²) in [6, 6.07) is 4.83. The topological polar surface area (TPSA) is 26.0 Å². The lowest BCUT2D eigenvalue weighted by Crippen LogP contribution is -2.17. The molecule has 0 saturated carbocycles. The molecule has 0 amide bonds. The van der Waals surface area contributed by atoms with Crippen molar-refractivity contribution < 1.29 is 4.39 Å². The lowest BCUT2D eigenvalue weighted by atomic mass is 9.86. The van der Waals surface area contributed by atoms with Crippen molar-refractivity contribution >= 4 is 11.6 Å². The molecule has 1 rings (SSSR count). The first-order valence-electron chi connectivity index (χ1n) is 5.69. The Morgan fingerprint density at radius 3 is 2.56 bits per heavy atom. The van der Waals surface area contributed by atoms with E-state index in [1.807, 2.05) is 0 Å². The van der Waals surface area contributed by atoms with Crippen molar-refractivity contribution in [2.45, 2.75) is 26.7 Å². The van der Waals surface area contributed by atoms with Crippen molar-refractivity contribution in [1.29, 1.82) is 0 Å². The number of rotatable bonds is 5. The second-order valence-corrected chi connectivity index (χ2v) is 4.89. The van der Waals surface area contributed by atoms with Crippen molar-refractivity contribution in [2.24, 2.45) is 17.6 Å². The average molecular weight is 244 g/mol. The summed E-state index contributed by atoms with van der Waals surface area (Å²) < 4.78 is 13.6. The minimum Gasteiger partial charge on any atom is -0.330 e. The molecule has 0 heterocycles. The van der Waals surface area contributed by atoms with Gasteiger partial charge in [-0.05, 0) is 43.4 Å². The van der Waals surface area contributed by atoms with Crippen LogP contribution in [-0.4, -0.2) is 6.54 Å². The normalized spacial score (nSPS) is 13.1. The lowest BCUT2D eigenvalue weighted by Gasteiger charge is -2.21. The molecule has 1 aromatic carbocycles. The van der Waals surface area contributed by atoms with Crippen molar-refractivity contribution in [3.05, 3.63) is 34.6 Å². The van der Waals surface area contributed by atoms with E-state index < -0.39 is 0 Å². The molecule has 16 heavy (non-hydrogen) atoms. The van der Waals surface area contributed by atoms with E-state index in [4.69, 9.17) is 17.3 Å². The quantitative estimate of drug-likeness (QED) is 0.840. The van der Waals surface area contributed by atoms with Crippen LogP contribution < -0.4 is 5.73 Å². The molecule has 1 aromatic rings. The molecular weight excluding hydrogens is 225 g/mol. The summed E-state index contributed by atoms with van der Waals surface area (Å²) in [5.41, 5.74) is 6.19. The van der Waals surface area contributed by atoms with Crippen molar-refractivity contribution in [3.63, 3.8) is 0 Å². The highest BCUT2D eigenvalue weighted by Crippen LogP contribution is 2.26. The zero-order chi connectivity index (χ0) is 12.1. The molecular formula is C13H19ClFN. The second-order valence-electron chi connectivity index (χ2n) is 4.49. The van der Waals surface area contributed by atoms with Gasteiger partial charge in [0.2, 0.25) is 0 Å². The van der Waals surface area contributed by atoms with Gasteiger partial charge in [0.15, 0.2) is 0 Å². The Hall–Kier alpha value is -0.600. The number of nitrogens with two attached hydrogens (primary N) is 1. The summed E-state index contributed by atoms with van der Waals surface area (Å²) in [6.07, 6.45) is 1.57. The third kappa shape index (κ3) is 3.46. The van der Waals surface area contributed by atoms with E-state index in [2.05, 4.69) is 13.8 Å². The van der Waals surface area contributed by atoms with Gasteiger partial charge in [-0.3, -0.25) is 0 Å². The molecule has 0 radical (unpaired) electrons. The molecule has 0 aromatic heterocycles. The zero-order valence-corrected chi connectivity index (χ0v) is 10.6. The van der Waals surface area contributed by atoms with Crippen molar-refractivity contribution in [2.75, 3.05) is 6.54 Å². The lowest BCUT2D eigenvalue weighted by molar-refractivity contribution is 0.358. The number of hydrogen-bond donors (Lipinski definition) is 1. The number of hydrogen-bond acceptors (Lipinski definition) is 1. The standard InChI is InChI=1S/C13H19ClFN/c1-9(2)10(6-7-16)8-11-12(14)4-3-5-13(11)15/h3-5,9-10H,6-8,16H2,1-2H3. The van der Waals surface area contributed by atoms with Crippen LogP contribution in [0.4, 0.5) is 4.39 Å². The highest BCUT2D eigenvalue weighted by atomic mass is 35.5. The molecule has 0 saturated heterocycles. The first-order valence-corrected chi connectivity index (χ1v) is 6.07. The smallest absolute Gasteiger partial charge is 0.127 e. The fourth-order valence-corrected chi connectivity index (χ4v) is 2.11. The molecule has 2 N–H and O–H groups in total. The van der Waals surface area contributed by atoms with Crippen LogP contribution in [0.1, 0.15) is 25.8 Å². The molecule has 0 spiro atoms. The molecule has 90 valence electrons. The van der Waals surface area contributed by atoms with E-state index in [0.29, 0.717) is 35.4 Å². The van der Waals surface area contributed by atoms with E-state index in [1.54, 1.807) is 12.1 Å². The van der Waals surface area contributed by atoms with Crippen LogP contribution in [-0.2, 0) is 6.42 Å². The molecule has 1 nitrogen and oxygen atoms in total. The first kappa shape index (κ1) is 13.5. The van der Waals surface area contributed by atoms with Gasteiger partial charge in [-0.2, -0.15) is 0 Å². The Bertz CT molecular complexity index is 318. The van der Waals surface area contributed by atoms with Crippen LogP contribution in [0.5, 0.6) is 0 Å². The summed E-state index contributed by atoms with van der Waals surface area (Å²) in [6.45, 7) is 4.90. The van der Waals surface area contributed by atoms with Crippen LogP contribution in [0, 0.1) is 17.7 Å². The van der Waals surface area contributed by atoms with E-state index >= 15 is 0 Å². The number of benzene rings is 1. The summed E-state index contributed by atoms with van der Waals surface area (Å²) in [7, 11) is 0. The van der Waals surface area contributed by atoms with Crippen LogP contribution in [0.2, 0.25) is 5.02 Å². The molecule has 3 heteroatoms. The highest BCUT2D eigenvalue weighted by Gasteiger charge is 2.17. The molecule has 0 aliphatic heterocycles. The van der Waals surface area contributed by atoms with Gasteiger partial charge in [-0.1, -0.05) is 31.5 Å². The van der Waals surface area contributed by atoms with Gasteiger partial charge in [-0.15, -0.1) is 0 Å². The largest absolute Gasteiger partial charge is 0.330 e. The zero-order valence-electron chi connectivity index (χ0n) is 9.84. The monoisotopic (exact) mass is 243 g/mol. The van der Waals surface area contributed by atoms with Crippen LogP contribution in [0.3, 0.4) is 0 Å². The van der Waals surface area contributed by atoms with Gasteiger partial charge < -0.3 is 5.73 Å². The highest BCUT2D eigenvalue weighted by molar-refractivity contribution is 6.31. The Morgan fingerprint density at radius 2 is 2.06 bits per heavy atom. The predicted octanol–water partition coefficient (Wildman–Crippen LogP) is 3.64. The first-order chi connectivity index (χ1) is 7.56. The van der Waals surface area contributed by atoms with E-state index in [9.17, 15) is 4.39 Å². The van der Waals surface area contributed by atoms with E-state index in [-0.39, 0.29) is 5.82 Å². The van der Waals surface area contributed by atoms with Gasteiger partial charge in [0.1, 0.15) is 5.82 Å². The van der Waals surface area contributed by atoms with Crippen molar-refractivity contribution in [1.82, 2.24) is 0 Å². The van der Waals surface area contributed by atoms with Gasteiger partial charge in [0, 0.05) is 10.6 Å². The maximum atomic E-state index is 13.6. The molecule has 1 atom stereocenters. The van der Waals surface area contributed by atoms with Gasteiger partial charge in [-0.25, -0.2) is 4.39 Å². The van der Waals surface area contributed by atoms with Gasteiger partial charge in [0.25, 0.3) is 0 Å². The van der Waals surface area contributed by atoms with E-state index in [0.717, 1.165) is 6.42 Å². The Kier molecular flexibility index (Phi) is 5.23.